The number of carbonyl (C=O) groups excluding carboxylic acids is 1. The van der Waals surface area contributed by atoms with Gasteiger partial charge in [0.05, 0.1) is 6.54 Å². The Balaban J connectivity index is 2.38. The number of rotatable bonds is 3. The summed E-state index contributed by atoms with van der Waals surface area (Å²) < 4.78 is 0. The Bertz CT molecular complexity index is 460. The van der Waals surface area contributed by atoms with Crippen LogP contribution in [-0.4, -0.2) is 42.6 Å². The minimum atomic E-state index is 0.0447. The Hall–Kier alpha value is -1.85. The van der Waals surface area contributed by atoms with Crippen LogP contribution in [0.2, 0.25) is 0 Å². The molecule has 1 aromatic heterocycles. The second-order valence-corrected chi connectivity index (χ2v) is 4.31. The minimum Gasteiger partial charge on any atom is -0.373 e. The molecule has 1 amide bonds. The third kappa shape index (κ3) is 2.37. The molecule has 6 heteroatoms. The second kappa shape index (κ2) is 5.20. The molecule has 1 aliphatic heterocycles. The summed E-state index contributed by atoms with van der Waals surface area (Å²) in [6, 6.07) is 0. The van der Waals surface area contributed by atoms with Crippen molar-refractivity contribution in [3.05, 3.63) is 11.4 Å². The molecule has 0 atom stereocenters. The quantitative estimate of drug-likeness (QED) is 0.807. The van der Waals surface area contributed by atoms with Gasteiger partial charge in [-0.3, -0.25) is 4.79 Å². The van der Waals surface area contributed by atoms with Crippen LogP contribution < -0.4 is 15.5 Å². The smallest absolute Gasteiger partial charge is 0.239 e. The van der Waals surface area contributed by atoms with Crippen LogP contribution in [0.15, 0.2) is 0 Å². The molecule has 1 aliphatic rings. The predicted molar refractivity (Wildman–Crippen MR) is 70.9 cm³/mol. The number of aromatic nitrogens is 2. The number of amides is 1. The second-order valence-electron chi connectivity index (χ2n) is 4.31. The molecule has 0 bridgehead atoms. The molecule has 0 saturated carbocycles. The molecule has 1 fully saturated rings. The lowest BCUT2D eigenvalue weighted by Gasteiger charge is -2.29. The monoisotopic (exact) mass is 249 g/mol. The molecular formula is C12H19N5O. The lowest BCUT2D eigenvalue weighted by molar-refractivity contribution is -0.120. The Labute approximate surface area is 107 Å². The van der Waals surface area contributed by atoms with Crippen molar-refractivity contribution in [2.45, 2.75) is 20.3 Å². The van der Waals surface area contributed by atoms with Crippen molar-refractivity contribution in [3.8, 4) is 0 Å². The first-order chi connectivity index (χ1) is 8.65. The van der Waals surface area contributed by atoms with Gasteiger partial charge < -0.3 is 15.5 Å². The lowest BCUT2D eigenvalue weighted by Crippen LogP contribution is -2.48. The van der Waals surface area contributed by atoms with E-state index in [1.165, 1.54) is 0 Å². The number of nitrogens with zero attached hydrogens (tertiary/aromatic N) is 3. The number of hydrogen-bond acceptors (Lipinski definition) is 5. The van der Waals surface area contributed by atoms with Gasteiger partial charge in [-0.05, 0) is 6.92 Å². The molecule has 0 spiro atoms. The summed E-state index contributed by atoms with van der Waals surface area (Å²) >= 11 is 0. The van der Waals surface area contributed by atoms with E-state index in [1.807, 2.05) is 25.8 Å². The molecule has 2 heterocycles. The van der Waals surface area contributed by atoms with Gasteiger partial charge >= 0.3 is 0 Å². The van der Waals surface area contributed by atoms with Crippen molar-refractivity contribution in [1.29, 1.82) is 0 Å². The van der Waals surface area contributed by atoms with Crippen LogP contribution in [0.5, 0.6) is 0 Å². The van der Waals surface area contributed by atoms with Crippen LogP contribution in [0.3, 0.4) is 0 Å². The summed E-state index contributed by atoms with van der Waals surface area (Å²) in [4.78, 5) is 22.5. The summed E-state index contributed by atoms with van der Waals surface area (Å²) in [5, 5.41) is 5.90. The van der Waals surface area contributed by atoms with Crippen molar-refractivity contribution >= 4 is 17.5 Å². The van der Waals surface area contributed by atoms with E-state index in [1.54, 1.807) is 0 Å². The van der Waals surface area contributed by atoms with Crippen molar-refractivity contribution in [3.63, 3.8) is 0 Å². The number of carbonyl (C=O) groups is 1. The summed E-state index contributed by atoms with van der Waals surface area (Å²) in [5.41, 5.74) is 0.990. The van der Waals surface area contributed by atoms with Gasteiger partial charge in [0, 0.05) is 32.1 Å². The van der Waals surface area contributed by atoms with Crippen molar-refractivity contribution in [2.24, 2.45) is 0 Å². The molecule has 2 N–H and O–H groups in total. The fraction of sp³-hybridized carbons (Fsp3) is 0.583. The van der Waals surface area contributed by atoms with Crippen LogP contribution in [0.25, 0.3) is 0 Å². The van der Waals surface area contributed by atoms with Crippen LogP contribution in [-0.2, 0) is 11.2 Å². The number of aryl methyl sites for hydroxylation is 1. The molecular weight excluding hydrogens is 230 g/mol. The van der Waals surface area contributed by atoms with Gasteiger partial charge in [0.25, 0.3) is 0 Å². The Kier molecular flexibility index (Phi) is 3.64. The average molecular weight is 249 g/mol. The molecule has 1 saturated heterocycles. The zero-order valence-electron chi connectivity index (χ0n) is 11.1. The highest BCUT2D eigenvalue weighted by Crippen LogP contribution is 2.23. The Morgan fingerprint density at radius 1 is 1.44 bits per heavy atom. The molecule has 2 rings (SSSR count). The molecule has 0 aliphatic carbocycles. The summed E-state index contributed by atoms with van der Waals surface area (Å²) in [7, 11) is 1.85. The van der Waals surface area contributed by atoms with Crippen molar-refractivity contribution in [1.82, 2.24) is 15.3 Å². The van der Waals surface area contributed by atoms with Gasteiger partial charge in [0.15, 0.2) is 0 Å². The van der Waals surface area contributed by atoms with Crippen LogP contribution in [0.4, 0.5) is 11.6 Å². The van der Waals surface area contributed by atoms with Gasteiger partial charge in [-0.25, -0.2) is 9.97 Å². The van der Waals surface area contributed by atoms with E-state index in [-0.39, 0.29) is 5.91 Å². The number of piperazine rings is 1. The predicted octanol–water partition coefficient (Wildman–Crippen LogP) is 0.325. The van der Waals surface area contributed by atoms with Crippen LogP contribution in [0, 0.1) is 6.92 Å². The molecule has 18 heavy (non-hydrogen) atoms. The van der Waals surface area contributed by atoms with E-state index in [0.717, 1.165) is 36.0 Å². The Morgan fingerprint density at radius 3 is 2.83 bits per heavy atom. The molecule has 98 valence electrons. The molecule has 0 aromatic carbocycles. The normalized spacial score (nSPS) is 15.5. The first-order valence-electron chi connectivity index (χ1n) is 6.22. The van der Waals surface area contributed by atoms with E-state index < -0.39 is 0 Å². The number of anilines is 2. The van der Waals surface area contributed by atoms with Gasteiger partial charge in [0.2, 0.25) is 5.91 Å². The largest absolute Gasteiger partial charge is 0.373 e. The zero-order chi connectivity index (χ0) is 13.1. The van der Waals surface area contributed by atoms with E-state index in [9.17, 15) is 4.79 Å². The van der Waals surface area contributed by atoms with Gasteiger partial charge in [-0.1, -0.05) is 6.92 Å². The van der Waals surface area contributed by atoms with Crippen molar-refractivity contribution in [2.75, 3.05) is 36.9 Å². The number of hydrogen-bond donors (Lipinski definition) is 2. The van der Waals surface area contributed by atoms with Gasteiger partial charge in [-0.15, -0.1) is 0 Å². The molecule has 6 nitrogen and oxygen atoms in total. The fourth-order valence-corrected chi connectivity index (χ4v) is 2.08. The SMILES string of the molecule is CCc1nc(NC)c(C)c(N2CCNC(=O)C2)n1. The van der Waals surface area contributed by atoms with Crippen LogP contribution in [0.1, 0.15) is 18.3 Å². The fourth-order valence-electron chi connectivity index (χ4n) is 2.08. The summed E-state index contributed by atoms with van der Waals surface area (Å²) in [5.74, 6) is 2.54. The van der Waals surface area contributed by atoms with E-state index in [4.69, 9.17) is 0 Å². The Morgan fingerprint density at radius 2 is 2.22 bits per heavy atom. The van der Waals surface area contributed by atoms with Crippen molar-refractivity contribution < 1.29 is 4.79 Å². The van der Waals surface area contributed by atoms with E-state index in [0.29, 0.717) is 13.1 Å². The standard InChI is InChI=1S/C12H19N5O/c1-4-9-15-11(13-3)8(2)12(16-9)17-6-5-14-10(18)7-17/h4-7H2,1-3H3,(H,14,18)(H,13,15,16). The molecule has 0 unspecified atom stereocenters. The maximum Gasteiger partial charge on any atom is 0.239 e. The highest BCUT2D eigenvalue weighted by Gasteiger charge is 2.21. The summed E-state index contributed by atoms with van der Waals surface area (Å²) in [6.45, 7) is 5.82. The molecule has 0 radical (unpaired) electrons. The first kappa shape index (κ1) is 12.6. The first-order valence-corrected chi connectivity index (χ1v) is 6.22. The van der Waals surface area contributed by atoms with Crippen LogP contribution >= 0.6 is 0 Å². The molecule has 1 aromatic rings. The van der Waals surface area contributed by atoms with Gasteiger partial charge in [-0.2, -0.15) is 0 Å². The lowest BCUT2D eigenvalue weighted by atomic mass is 10.2. The van der Waals surface area contributed by atoms with E-state index >= 15 is 0 Å². The van der Waals surface area contributed by atoms with E-state index in [2.05, 4.69) is 20.6 Å². The maximum atomic E-state index is 11.5. The highest BCUT2D eigenvalue weighted by atomic mass is 16.2. The highest BCUT2D eigenvalue weighted by molar-refractivity contribution is 5.82. The maximum absolute atomic E-state index is 11.5. The third-order valence-corrected chi connectivity index (χ3v) is 3.06. The topological polar surface area (TPSA) is 70.2 Å². The zero-order valence-corrected chi connectivity index (χ0v) is 11.1. The van der Waals surface area contributed by atoms with Gasteiger partial charge in [0.1, 0.15) is 17.5 Å². The average Bonchev–Trinajstić information content (AvgIpc) is 2.39. The minimum absolute atomic E-state index is 0.0447. The number of nitrogens with one attached hydrogen (secondary N) is 2. The summed E-state index contributed by atoms with van der Waals surface area (Å²) in [6.07, 6.45) is 0.780. The third-order valence-electron chi connectivity index (χ3n) is 3.06.